The van der Waals surface area contributed by atoms with E-state index in [1.165, 1.54) is 0 Å². The second-order valence-corrected chi connectivity index (χ2v) is 6.03. The fraction of sp³-hybridized carbons (Fsp3) is 0.538. The van der Waals surface area contributed by atoms with Crippen molar-refractivity contribution in [2.24, 2.45) is 11.7 Å². The van der Waals surface area contributed by atoms with Gasteiger partial charge in [0.1, 0.15) is 5.82 Å². The summed E-state index contributed by atoms with van der Waals surface area (Å²) in [5.74, 6) is 0.977. The number of aryl methyl sites for hydroxylation is 1. The number of nitrogens with two attached hydrogens (primary N) is 1. The van der Waals surface area contributed by atoms with Crippen molar-refractivity contribution < 1.29 is 4.79 Å². The molecular formula is C13H19ClIN3O. The van der Waals surface area contributed by atoms with Gasteiger partial charge in [-0.25, -0.2) is 4.98 Å². The minimum Gasteiger partial charge on any atom is -0.327 e. The van der Waals surface area contributed by atoms with E-state index in [0.29, 0.717) is 18.2 Å². The van der Waals surface area contributed by atoms with Gasteiger partial charge in [-0.15, -0.1) is 12.4 Å². The molecule has 0 spiro atoms. The molecule has 1 aromatic heterocycles. The third-order valence-corrected chi connectivity index (χ3v) is 4.59. The number of nitrogens with zero attached hydrogens (tertiary/aromatic N) is 1. The van der Waals surface area contributed by atoms with Gasteiger partial charge < -0.3 is 11.1 Å². The summed E-state index contributed by atoms with van der Waals surface area (Å²) in [5.41, 5.74) is 6.90. The first-order valence-corrected chi connectivity index (χ1v) is 7.32. The first kappa shape index (κ1) is 16.7. The highest BCUT2D eigenvalue weighted by atomic mass is 127. The van der Waals surface area contributed by atoms with Gasteiger partial charge in [-0.05, 0) is 60.4 Å². The smallest absolute Gasteiger partial charge is 0.225 e. The number of rotatable bonds is 3. The number of halogens is 2. The molecule has 0 bridgehead atoms. The molecule has 6 heteroatoms. The number of amides is 1. The van der Waals surface area contributed by atoms with Gasteiger partial charge in [-0.1, -0.05) is 6.42 Å². The molecule has 0 aromatic carbocycles. The van der Waals surface area contributed by atoms with Crippen LogP contribution >= 0.6 is 35.0 Å². The summed E-state index contributed by atoms with van der Waals surface area (Å²) in [6.45, 7) is 1.93. The molecule has 0 radical (unpaired) electrons. The van der Waals surface area contributed by atoms with Crippen LogP contribution < -0.4 is 11.1 Å². The lowest BCUT2D eigenvalue weighted by molar-refractivity contribution is -0.117. The van der Waals surface area contributed by atoms with Crippen LogP contribution in [0.15, 0.2) is 12.1 Å². The Morgan fingerprint density at radius 1 is 1.53 bits per heavy atom. The van der Waals surface area contributed by atoms with Crippen molar-refractivity contribution >= 4 is 46.7 Å². The monoisotopic (exact) mass is 395 g/mol. The third kappa shape index (κ3) is 4.57. The van der Waals surface area contributed by atoms with E-state index in [4.69, 9.17) is 5.73 Å². The van der Waals surface area contributed by atoms with Crippen LogP contribution in [0.2, 0.25) is 0 Å². The van der Waals surface area contributed by atoms with E-state index in [-0.39, 0.29) is 24.4 Å². The number of aromatic nitrogens is 1. The molecule has 1 aliphatic rings. The fourth-order valence-electron chi connectivity index (χ4n) is 2.36. The molecule has 0 aliphatic heterocycles. The number of hydrogen-bond donors (Lipinski definition) is 2. The highest BCUT2D eigenvalue weighted by Crippen LogP contribution is 2.27. The zero-order valence-corrected chi connectivity index (χ0v) is 13.8. The second-order valence-electron chi connectivity index (χ2n) is 4.87. The average Bonchev–Trinajstić information content (AvgIpc) is 2.70. The quantitative estimate of drug-likeness (QED) is 0.773. The second kappa shape index (κ2) is 7.40. The van der Waals surface area contributed by atoms with E-state index in [0.717, 1.165) is 28.5 Å². The Balaban J connectivity index is 0.00000180. The molecule has 4 nitrogen and oxygen atoms in total. The van der Waals surface area contributed by atoms with Gasteiger partial charge in [0.15, 0.2) is 0 Å². The SMILES string of the molecule is Cc1nc(NC(=O)C[C@@H]2CCC[C@H]2N)ccc1I.Cl. The first-order chi connectivity index (χ1) is 8.56. The van der Waals surface area contributed by atoms with E-state index in [1.807, 2.05) is 19.1 Å². The number of anilines is 1. The maximum Gasteiger partial charge on any atom is 0.225 e. The first-order valence-electron chi connectivity index (χ1n) is 6.25. The summed E-state index contributed by atoms with van der Waals surface area (Å²) in [4.78, 5) is 16.2. The third-order valence-electron chi connectivity index (χ3n) is 3.45. The molecule has 1 amide bonds. The van der Waals surface area contributed by atoms with Crippen molar-refractivity contribution in [3.05, 3.63) is 21.4 Å². The van der Waals surface area contributed by atoms with Crippen LogP contribution in [0.4, 0.5) is 5.82 Å². The highest BCUT2D eigenvalue weighted by molar-refractivity contribution is 14.1. The van der Waals surface area contributed by atoms with Crippen LogP contribution in [-0.4, -0.2) is 16.9 Å². The summed E-state index contributed by atoms with van der Waals surface area (Å²) < 4.78 is 1.10. The average molecular weight is 396 g/mol. The largest absolute Gasteiger partial charge is 0.327 e. The minimum absolute atomic E-state index is 0. The van der Waals surface area contributed by atoms with Crippen molar-refractivity contribution in [2.45, 2.75) is 38.6 Å². The van der Waals surface area contributed by atoms with Crippen LogP contribution in [-0.2, 0) is 4.79 Å². The predicted octanol–water partition coefficient (Wildman–Crippen LogP) is 2.87. The molecular weight excluding hydrogens is 377 g/mol. The van der Waals surface area contributed by atoms with Crippen LogP contribution in [0.1, 0.15) is 31.4 Å². The fourth-order valence-corrected chi connectivity index (χ4v) is 2.67. The number of carbonyl (C=O) groups excluding carboxylic acids is 1. The van der Waals surface area contributed by atoms with E-state index in [1.54, 1.807) is 0 Å². The van der Waals surface area contributed by atoms with Crippen molar-refractivity contribution in [2.75, 3.05) is 5.32 Å². The molecule has 106 valence electrons. The molecule has 1 heterocycles. The summed E-state index contributed by atoms with van der Waals surface area (Å²) in [7, 11) is 0. The highest BCUT2D eigenvalue weighted by Gasteiger charge is 2.26. The van der Waals surface area contributed by atoms with E-state index < -0.39 is 0 Å². The van der Waals surface area contributed by atoms with Crippen LogP contribution in [0, 0.1) is 16.4 Å². The maximum atomic E-state index is 11.9. The number of nitrogens with one attached hydrogen (secondary N) is 1. The molecule has 0 saturated heterocycles. The maximum absolute atomic E-state index is 11.9. The Labute approximate surface area is 133 Å². The van der Waals surface area contributed by atoms with E-state index in [2.05, 4.69) is 32.9 Å². The Morgan fingerprint density at radius 2 is 2.26 bits per heavy atom. The van der Waals surface area contributed by atoms with E-state index in [9.17, 15) is 4.79 Å². The Bertz CT molecular complexity index is 456. The van der Waals surface area contributed by atoms with Gasteiger partial charge in [0.25, 0.3) is 0 Å². The van der Waals surface area contributed by atoms with Crippen LogP contribution in [0.5, 0.6) is 0 Å². The lowest BCUT2D eigenvalue weighted by Crippen LogP contribution is -2.28. The zero-order valence-electron chi connectivity index (χ0n) is 10.9. The molecule has 1 aromatic rings. The summed E-state index contributed by atoms with van der Waals surface area (Å²) in [6.07, 6.45) is 3.75. The molecule has 19 heavy (non-hydrogen) atoms. The molecule has 2 atom stereocenters. The molecule has 3 N–H and O–H groups in total. The predicted molar refractivity (Wildman–Crippen MR) is 87.5 cm³/mol. The van der Waals surface area contributed by atoms with Crippen molar-refractivity contribution in [1.29, 1.82) is 0 Å². The van der Waals surface area contributed by atoms with Crippen LogP contribution in [0.3, 0.4) is 0 Å². The van der Waals surface area contributed by atoms with E-state index >= 15 is 0 Å². The summed E-state index contributed by atoms with van der Waals surface area (Å²) >= 11 is 2.23. The minimum atomic E-state index is 0. The van der Waals surface area contributed by atoms with Crippen molar-refractivity contribution in [3.8, 4) is 0 Å². The Kier molecular flexibility index (Phi) is 6.49. The van der Waals surface area contributed by atoms with Gasteiger partial charge in [0, 0.05) is 16.0 Å². The summed E-state index contributed by atoms with van der Waals surface area (Å²) in [5, 5.41) is 2.85. The van der Waals surface area contributed by atoms with Crippen LogP contribution in [0.25, 0.3) is 0 Å². The van der Waals surface area contributed by atoms with Crippen molar-refractivity contribution in [1.82, 2.24) is 4.98 Å². The molecule has 0 unspecified atom stereocenters. The molecule has 1 saturated carbocycles. The molecule has 1 aliphatic carbocycles. The van der Waals surface area contributed by atoms with Gasteiger partial charge in [0.2, 0.25) is 5.91 Å². The Morgan fingerprint density at radius 3 is 2.84 bits per heavy atom. The topological polar surface area (TPSA) is 68.0 Å². The van der Waals surface area contributed by atoms with Gasteiger partial charge in [-0.3, -0.25) is 4.79 Å². The number of hydrogen-bond acceptors (Lipinski definition) is 3. The number of pyridine rings is 1. The van der Waals surface area contributed by atoms with Crippen molar-refractivity contribution in [3.63, 3.8) is 0 Å². The van der Waals surface area contributed by atoms with Gasteiger partial charge in [0.05, 0.1) is 5.69 Å². The lowest BCUT2D eigenvalue weighted by atomic mass is 10.00. The lowest BCUT2D eigenvalue weighted by Gasteiger charge is -2.14. The zero-order chi connectivity index (χ0) is 13.1. The van der Waals surface area contributed by atoms with Gasteiger partial charge in [-0.2, -0.15) is 0 Å². The number of carbonyl (C=O) groups is 1. The molecule has 1 fully saturated rings. The normalized spacial score (nSPS) is 21.8. The Hall–Kier alpha value is -0.400. The standard InChI is InChI=1S/C13H18IN3O.ClH/c1-8-10(14)5-6-12(16-8)17-13(18)7-9-3-2-4-11(9)15;/h5-6,9,11H,2-4,7,15H2,1H3,(H,16,17,18);1H/t9-,11+;/m0./s1. The summed E-state index contributed by atoms with van der Waals surface area (Å²) in [6, 6.07) is 3.98. The molecule has 2 rings (SSSR count). The van der Waals surface area contributed by atoms with Gasteiger partial charge >= 0.3 is 0 Å².